The van der Waals surface area contributed by atoms with Crippen molar-refractivity contribution in [3.63, 3.8) is 0 Å². The Labute approximate surface area is 145 Å². The first-order valence-corrected chi connectivity index (χ1v) is 8.69. The van der Waals surface area contributed by atoms with Crippen molar-refractivity contribution in [3.05, 3.63) is 18.2 Å². The van der Waals surface area contributed by atoms with Gasteiger partial charge in [0.2, 0.25) is 12.7 Å². The summed E-state index contributed by atoms with van der Waals surface area (Å²) in [5.74, 6) is 0.423. The zero-order chi connectivity index (χ0) is 17.2. The number of fused-ring (bicyclic) bond motifs is 1. The van der Waals surface area contributed by atoms with Gasteiger partial charge in [-0.2, -0.15) is 0 Å². The number of anilines is 1. The molecule has 0 aliphatic carbocycles. The molecule has 1 amide bonds. The maximum atomic E-state index is 12.3. The molecular formula is C18H21NO6. The van der Waals surface area contributed by atoms with E-state index in [9.17, 15) is 9.59 Å². The second-order valence-corrected chi connectivity index (χ2v) is 6.56. The lowest BCUT2D eigenvalue weighted by Gasteiger charge is -2.22. The third-order valence-corrected chi connectivity index (χ3v) is 4.81. The van der Waals surface area contributed by atoms with E-state index in [-0.39, 0.29) is 37.8 Å². The number of hydrogen-bond donors (Lipinski definition) is 0. The van der Waals surface area contributed by atoms with Crippen molar-refractivity contribution in [1.29, 1.82) is 0 Å². The van der Waals surface area contributed by atoms with Crippen LogP contribution in [0, 0.1) is 5.92 Å². The first kappa shape index (κ1) is 16.2. The summed E-state index contributed by atoms with van der Waals surface area (Å²) in [6.07, 6.45) is 3.23. The van der Waals surface area contributed by atoms with Gasteiger partial charge in [-0.1, -0.05) is 0 Å². The maximum Gasteiger partial charge on any atom is 0.311 e. The van der Waals surface area contributed by atoms with Crippen LogP contribution in [0.1, 0.15) is 25.7 Å². The highest BCUT2D eigenvalue weighted by Crippen LogP contribution is 2.37. The molecule has 3 heterocycles. The van der Waals surface area contributed by atoms with E-state index in [4.69, 9.17) is 18.9 Å². The minimum absolute atomic E-state index is 0.0141. The monoisotopic (exact) mass is 347 g/mol. The van der Waals surface area contributed by atoms with Crippen molar-refractivity contribution < 1.29 is 28.5 Å². The van der Waals surface area contributed by atoms with Gasteiger partial charge in [0, 0.05) is 31.3 Å². The lowest BCUT2D eigenvalue weighted by Crippen LogP contribution is -2.29. The molecule has 0 spiro atoms. The average Bonchev–Trinajstić information content (AvgIpc) is 3.26. The van der Waals surface area contributed by atoms with Crippen molar-refractivity contribution in [2.75, 3.05) is 31.5 Å². The van der Waals surface area contributed by atoms with Crippen molar-refractivity contribution in [1.82, 2.24) is 0 Å². The number of nitrogens with zero attached hydrogens (tertiary/aromatic N) is 1. The van der Waals surface area contributed by atoms with Gasteiger partial charge < -0.3 is 23.8 Å². The number of hydrogen-bond acceptors (Lipinski definition) is 6. The minimum Gasteiger partial charge on any atom is -0.463 e. The van der Waals surface area contributed by atoms with E-state index in [1.54, 1.807) is 23.1 Å². The van der Waals surface area contributed by atoms with Crippen LogP contribution in [0.4, 0.5) is 5.69 Å². The van der Waals surface area contributed by atoms with E-state index >= 15 is 0 Å². The van der Waals surface area contributed by atoms with Crippen molar-refractivity contribution in [3.8, 4) is 11.5 Å². The van der Waals surface area contributed by atoms with Crippen LogP contribution >= 0.6 is 0 Å². The van der Waals surface area contributed by atoms with Gasteiger partial charge in [-0.15, -0.1) is 0 Å². The molecule has 2 atom stereocenters. The molecular weight excluding hydrogens is 326 g/mol. The number of amides is 1. The Balaban J connectivity index is 1.35. The van der Waals surface area contributed by atoms with Crippen molar-refractivity contribution in [2.45, 2.75) is 31.8 Å². The van der Waals surface area contributed by atoms with Gasteiger partial charge in [0.05, 0.1) is 12.0 Å². The van der Waals surface area contributed by atoms with Gasteiger partial charge >= 0.3 is 5.97 Å². The molecule has 25 heavy (non-hydrogen) atoms. The van der Waals surface area contributed by atoms with E-state index in [1.165, 1.54) is 0 Å². The fraction of sp³-hybridized carbons (Fsp3) is 0.556. The summed E-state index contributed by atoms with van der Waals surface area (Å²) >= 11 is 0. The Morgan fingerprint density at radius 1 is 1.24 bits per heavy atom. The predicted molar refractivity (Wildman–Crippen MR) is 87.6 cm³/mol. The molecule has 0 radical (unpaired) electrons. The fourth-order valence-corrected chi connectivity index (χ4v) is 3.40. The Morgan fingerprint density at radius 2 is 2.12 bits per heavy atom. The van der Waals surface area contributed by atoms with Crippen LogP contribution in [0.5, 0.6) is 11.5 Å². The van der Waals surface area contributed by atoms with Gasteiger partial charge in [0.1, 0.15) is 6.61 Å². The summed E-state index contributed by atoms with van der Waals surface area (Å²) in [5, 5.41) is 0. The summed E-state index contributed by atoms with van der Waals surface area (Å²) in [6, 6.07) is 5.34. The molecule has 1 aromatic carbocycles. The molecule has 1 aromatic rings. The Bertz CT molecular complexity index is 670. The molecule has 7 nitrogen and oxygen atoms in total. The normalized spacial score (nSPS) is 25.3. The average molecular weight is 347 g/mol. The van der Waals surface area contributed by atoms with Crippen LogP contribution in [-0.2, 0) is 19.1 Å². The van der Waals surface area contributed by atoms with Crippen LogP contribution in [0.15, 0.2) is 18.2 Å². The number of rotatable bonds is 4. The van der Waals surface area contributed by atoms with Gasteiger partial charge in [-0.25, -0.2) is 0 Å². The lowest BCUT2D eigenvalue weighted by atomic mass is 10.1. The van der Waals surface area contributed by atoms with Crippen LogP contribution in [-0.4, -0.2) is 44.5 Å². The molecule has 4 rings (SSSR count). The van der Waals surface area contributed by atoms with Crippen LogP contribution in [0.25, 0.3) is 0 Å². The van der Waals surface area contributed by atoms with Gasteiger partial charge in [-0.05, 0) is 31.4 Å². The second-order valence-electron chi connectivity index (χ2n) is 6.56. The summed E-state index contributed by atoms with van der Waals surface area (Å²) < 4.78 is 21.6. The Morgan fingerprint density at radius 3 is 2.96 bits per heavy atom. The first-order chi connectivity index (χ1) is 12.2. The van der Waals surface area contributed by atoms with Crippen molar-refractivity contribution in [2.24, 2.45) is 5.92 Å². The summed E-state index contributed by atoms with van der Waals surface area (Å²) in [7, 11) is 0. The number of ether oxygens (including phenoxy) is 4. The zero-order valence-corrected chi connectivity index (χ0v) is 13.9. The standard InChI is InChI=1S/C18H21NO6/c20-17-7-12(18(21)23-10-14-3-1-2-6-22-14)9-19(17)13-4-5-15-16(8-13)25-11-24-15/h4-5,8,12,14H,1-3,6-7,9-11H2/t12-,14+/m0/s1. The third kappa shape index (κ3) is 3.42. The van der Waals surface area contributed by atoms with Gasteiger partial charge in [-0.3, -0.25) is 9.59 Å². The third-order valence-electron chi connectivity index (χ3n) is 4.81. The number of benzene rings is 1. The highest BCUT2D eigenvalue weighted by atomic mass is 16.7. The smallest absolute Gasteiger partial charge is 0.311 e. The molecule has 0 aromatic heterocycles. The summed E-state index contributed by atoms with van der Waals surface area (Å²) in [4.78, 5) is 26.2. The largest absolute Gasteiger partial charge is 0.463 e. The Kier molecular flexibility index (Phi) is 4.48. The Hall–Kier alpha value is -2.28. The molecule has 3 aliphatic rings. The van der Waals surface area contributed by atoms with E-state index in [0.717, 1.165) is 25.9 Å². The highest BCUT2D eigenvalue weighted by Gasteiger charge is 2.37. The van der Waals surface area contributed by atoms with E-state index in [1.807, 2.05) is 0 Å². The van der Waals surface area contributed by atoms with Crippen LogP contribution in [0.3, 0.4) is 0 Å². The highest BCUT2D eigenvalue weighted by molar-refractivity contribution is 5.99. The molecule has 0 unspecified atom stereocenters. The second kappa shape index (κ2) is 6.92. The summed E-state index contributed by atoms with van der Waals surface area (Å²) in [6.45, 7) is 1.50. The van der Waals surface area contributed by atoms with Crippen molar-refractivity contribution >= 4 is 17.6 Å². The van der Waals surface area contributed by atoms with Crippen LogP contribution in [0.2, 0.25) is 0 Å². The van der Waals surface area contributed by atoms with E-state index < -0.39 is 5.92 Å². The molecule has 0 N–H and O–H groups in total. The topological polar surface area (TPSA) is 74.3 Å². The number of carbonyl (C=O) groups excluding carboxylic acids is 2. The number of esters is 1. The molecule has 0 bridgehead atoms. The van der Waals surface area contributed by atoms with Gasteiger partial charge in [0.15, 0.2) is 11.5 Å². The minimum atomic E-state index is -0.443. The quantitative estimate of drug-likeness (QED) is 0.774. The molecule has 2 fully saturated rings. The van der Waals surface area contributed by atoms with Gasteiger partial charge in [0.25, 0.3) is 0 Å². The van der Waals surface area contributed by atoms with Crippen LogP contribution < -0.4 is 14.4 Å². The van der Waals surface area contributed by atoms with E-state index in [2.05, 4.69) is 0 Å². The fourth-order valence-electron chi connectivity index (χ4n) is 3.40. The molecule has 134 valence electrons. The van der Waals surface area contributed by atoms with E-state index in [0.29, 0.717) is 23.7 Å². The predicted octanol–water partition coefficient (Wildman–Crippen LogP) is 1.88. The molecule has 3 aliphatic heterocycles. The zero-order valence-electron chi connectivity index (χ0n) is 13.9. The number of carbonyl (C=O) groups is 2. The summed E-state index contributed by atoms with van der Waals surface area (Å²) in [5.41, 5.74) is 0.708. The molecule has 2 saturated heterocycles. The molecule has 7 heteroatoms. The SMILES string of the molecule is O=C(OC[C@H]1CCCCO1)[C@H]1CC(=O)N(c2ccc3c(c2)OCO3)C1. The first-order valence-electron chi connectivity index (χ1n) is 8.69. The maximum absolute atomic E-state index is 12.3. The molecule has 0 saturated carbocycles. The lowest BCUT2D eigenvalue weighted by molar-refractivity contribution is -0.153.